The van der Waals surface area contributed by atoms with E-state index in [1.807, 2.05) is 30.3 Å². The van der Waals surface area contributed by atoms with Gasteiger partial charge in [0, 0.05) is 17.6 Å². The van der Waals surface area contributed by atoms with Gasteiger partial charge in [-0.25, -0.2) is 0 Å². The molecule has 0 aliphatic carbocycles. The van der Waals surface area contributed by atoms with Gasteiger partial charge in [-0.2, -0.15) is 13.2 Å². The first-order chi connectivity index (χ1) is 9.47. The van der Waals surface area contributed by atoms with Crippen LogP contribution < -0.4 is 5.32 Å². The van der Waals surface area contributed by atoms with E-state index in [1.54, 1.807) is 6.07 Å². The predicted octanol–water partition coefficient (Wildman–Crippen LogP) is 4.76. The summed E-state index contributed by atoms with van der Waals surface area (Å²) in [5, 5.41) is 3.03. The van der Waals surface area contributed by atoms with Gasteiger partial charge in [0.15, 0.2) is 0 Å². The number of hydrogen-bond acceptors (Lipinski definition) is 1. The largest absolute Gasteiger partial charge is 0.416 e. The van der Waals surface area contributed by atoms with Crippen LogP contribution in [0.3, 0.4) is 0 Å². The molecule has 0 bridgehead atoms. The smallest absolute Gasteiger partial charge is 0.309 e. The average molecular weight is 344 g/mol. The first kappa shape index (κ1) is 15.1. The maximum Gasteiger partial charge on any atom is 0.416 e. The molecule has 0 unspecified atom stereocenters. The fourth-order valence-electron chi connectivity index (χ4n) is 1.90. The summed E-state index contributed by atoms with van der Waals surface area (Å²) in [7, 11) is 0. The molecule has 0 aliphatic rings. The lowest BCUT2D eigenvalue weighted by Gasteiger charge is -2.14. The summed E-state index contributed by atoms with van der Waals surface area (Å²) in [5.74, 6) is 0. The van der Waals surface area contributed by atoms with Crippen LogP contribution >= 0.6 is 15.9 Å². The van der Waals surface area contributed by atoms with E-state index in [2.05, 4.69) is 21.2 Å². The van der Waals surface area contributed by atoms with Crippen molar-refractivity contribution >= 4 is 15.9 Å². The highest BCUT2D eigenvalue weighted by atomic mass is 79.9. The van der Waals surface area contributed by atoms with Crippen molar-refractivity contribution in [3.63, 3.8) is 0 Å². The van der Waals surface area contributed by atoms with Crippen molar-refractivity contribution in [2.24, 2.45) is 0 Å². The summed E-state index contributed by atoms with van der Waals surface area (Å²) in [6.07, 6.45) is -4.34. The highest BCUT2D eigenvalue weighted by molar-refractivity contribution is 9.10. The Labute approximate surface area is 123 Å². The molecule has 0 fully saturated rings. The molecule has 2 rings (SSSR count). The minimum Gasteiger partial charge on any atom is -0.309 e. The lowest BCUT2D eigenvalue weighted by Crippen LogP contribution is -2.17. The van der Waals surface area contributed by atoms with E-state index in [0.29, 0.717) is 11.0 Å². The Balaban J connectivity index is 2.06. The van der Waals surface area contributed by atoms with Gasteiger partial charge >= 0.3 is 6.18 Å². The molecule has 1 nitrogen and oxygen atoms in total. The molecule has 1 N–H and O–H groups in total. The second-order valence-electron chi connectivity index (χ2n) is 4.39. The Morgan fingerprint density at radius 1 is 0.950 bits per heavy atom. The number of hydrogen-bond donors (Lipinski definition) is 1. The maximum absolute atomic E-state index is 12.9. The predicted molar refractivity (Wildman–Crippen MR) is 76.1 cm³/mol. The van der Waals surface area contributed by atoms with Gasteiger partial charge < -0.3 is 5.32 Å². The van der Waals surface area contributed by atoms with Crippen molar-refractivity contribution in [1.29, 1.82) is 0 Å². The van der Waals surface area contributed by atoms with Gasteiger partial charge in [-0.3, -0.25) is 0 Å². The van der Waals surface area contributed by atoms with Gasteiger partial charge in [0.2, 0.25) is 0 Å². The van der Waals surface area contributed by atoms with Gasteiger partial charge in [0.1, 0.15) is 0 Å². The van der Waals surface area contributed by atoms with Gasteiger partial charge in [0.05, 0.1) is 5.56 Å². The molecule has 0 spiro atoms. The van der Waals surface area contributed by atoms with E-state index in [1.165, 1.54) is 6.07 Å². The third kappa shape index (κ3) is 4.08. The Hall–Kier alpha value is -1.33. The number of halogens is 4. The van der Waals surface area contributed by atoms with Crippen molar-refractivity contribution < 1.29 is 13.2 Å². The molecule has 0 atom stereocenters. The van der Waals surface area contributed by atoms with Crippen LogP contribution in [0.25, 0.3) is 0 Å². The zero-order valence-electron chi connectivity index (χ0n) is 10.5. The van der Waals surface area contributed by atoms with Gasteiger partial charge in [-0.05, 0) is 23.3 Å². The topological polar surface area (TPSA) is 12.0 Å². The lowest BCUT2D eigenvalue weighted by molar-refractivity contribution is -0.138. The van der Waals surface area contributed by atoms with E-state index >= 15 is 0 Å². The second-order valence-corrected chi connectivity index (χ2v) is 5.30. The molecule has 0 heterocycles. The molecular formula is C15H13BrF3N. The molecule has 5 heteroatoms. The van der Waals surface area contributed by atoms with Gasteiger partial charge in [0.25, 0.3) is 0 Å². The fraction of sp³-hybridized carbons (Fsp3) is 0.200. The molecule has 0 radical (unpaired) electrons. The molecule has 106 valence electrons. The first-order valence-corrected chi connectivity index (χ1v) is 6.86. The van der Waals surface area contributed by atoms with Crippen LogP contribution in [-0.4, -0.2) is 0 Å². The van der Waals surface area contributed by atoms with E-state index in [4.69, 9.17) is 0 Å². The number of benzene rings is 2. The van der Waals surface area contributed by atoms with Crippen molar-refractivity contribution in [3.8, 4) is 0 Å². The van der Waals surface area contributed by atoms with Gasteiger partial charge in [-0.15, -0.1) is 0 Å². The summed E-state index contributed by atoms with van der Waals surface area (Å²) >= 11 is 3.07. The minimum absolute atomic E-state index is 0.178. The average Bonchev–Trinajstić information content (AvgIpc) is 2.40. The highest BCUT2D eigenvalue weighted by Crippen LogP contribution is 2.33. The van der Waals surface area contributed by atoms with Crippen LogP contribution in [0.1, 0.15) is 16.7 Å². The molecule has 0 aliphatic heterocycles. The zero-order valence-corrected chi connectivity index (χ0v) is 12.1. The Kier molecular flexibility index (Phi) is 4.83. The normalized spacial score (nSPS) is 11.6. The standard InChI is InChI=1S/C15H13BrF3N/c16-13-7-6-12(14(8-13)15(17,18)19)10-20-9-11-4-2-1-3-5-11/h1-8,20H,9-10H2. The van der Waals surface area contributed by atoms with Crippen LogP contribution in [0.2, 0.25) is 0 Å². The van der Waals surface area contributed by atoms with Crippen molar-refractivity contribution in [2.45, 2.75) is 19.3 Å². The SMILES string of the molecule is FC(F)(F)c1cc(Br)ccc1CNCc1ccccc1. The summed E-state index contributed by atoms with van der Waals surface area (Å²) in [6, 6.07) is 13.8. The molecule has 0 saturated carbocycles. The number of rotatable bonds is 4. The van der Waals surface area contributed by atoms with Crippen LogP contribution in [0, 0.1) is 0 Å². The molecule has 20 heavy (non-hydrogen) atoms. The van der Waals surface area contributed by atoms with Crippen LogP contribution in [0.15, 0.2) is 53.0 Å². The molecule has 0 saturated heterocycles. The van der Waals surface area contributed by atoms with Crippen molar-refractivity contribution in [1.82, 2.24) is 5.32 Å². The summed E-state index contributed by atoms with van der Waals surface area (Å²) in [5.41, 5.74) is 0.683. The van der Waals surface area contributed by atoms with Crippen molar-refractivity contribution in [2.75, 3.05) is 0 Å². The quantitative estimate of drug-likeness (QED) is 0.843. The van der Waals surface area contributed by atoms with E-state index in [-0.39, 0.29) is 12.1 Å². The van der Waals surface area contributed by atoms with Crippen LogP contribution in [0.4, 0.5) is 13.2 Å². The zero-order chi connectivity index (χ0) is 14.6. The van der Waals surface area contributed by atoms with E-state index in [9.17, 15) is 13.2 Å². The van der Waals surface area contributed by atoms with E-state index < -0.39 is 11.7 Å². The maximum atomic E-state index is 12.9. The molecule has 2 aromatic carbocycles. The first-order valence-electron chi connectivity index (χ1n) is 6.07. The summed E-state index contributed by atoms with van der Waals surface area (Å²) in [4.78, 5) is 0. The summed E-state index contributed by atoms with van der Waals surface area (Å²) < 4.78 is 39.2. The molecule has 0 amide bonds. The Bertz CT molecular complexity index is 567. The monoisotopic (exact) mass is 343 g/mol. The fourth-order valence-corrected chi connectivity index (χ4v) is 2.27. The molecule has 0 aromatic heterocycles. The van der Waals surface area contributed by atoms with Crippen LogP contribution in [-0.2, 0) is 19.3 Å². The summed E-state index contributed by atoms with van der Waals surface area (Å²) in [6.45, 7) is 0.714. The minimum atomic E-state index is -4.34. The Morgan fingerprint density at radius 2 is 1.65 bits per heavy atom. The third-order valence-electron chi connectivity index (χ3n) is 2.86. The number of alkyl halides is 3. The van der Waals surface area contributed by atoms with Gasteiger partial charge in [-0.1, -0.05) is 52.3 Å². The number of nitrogens with one attached hydrogen (secondary N) is 1. The Morgan fingerprint density at radius 3 is 2.30 bits per heavy atom. The van der Waals surface area contributed by atoms with Crippen LogP contribution in [0.5, 0.6) is 0 Å². The second kappa shape index (κ2) is 6.41. The molecular weight excluding hydrogens is 331 g/mol. The van der Waals surface area contributed by atoms with E-state index in [0.717, 1.165) is 11.6 Å². The molecule has 2 aromatic rings. The van der Waals surface area contributed by atoms with Crippen molar-refractivity contribution in [3.05, 3.63) is 69.7 Å². The lowest BCUT2D eigenvalue weighted by atomic mass is 10.1. The third-order valence-corrected chi connectivity index (χ3v) is 3.36. The highest BCUT2D eigenvalue weighted by Gasteiger charge is 2.33.